The van der Waals surface area contributed by atoms with Gasteiger partial charge in [0.15, 0.2) is 11.5 Å². The van der Waals surface area contributed by atoms with Crippen molar-refractivity contribution in [2.24, 2.45) is 7.05 Å². The number of carbonyl (C=O) groups excluding carboxylic acids is 2. The first-order chi connectivity index (χ1) is 22.2. The molecule has 242 valence electrons. The number of aromatic nitrogens is 1. The summed E-state index contributed by atoms with van der Waals surface area (Å²) in [4.78, 5) is 39.8. The summed E-state index contributed by atoms with van der Waals surface area (Å²) < 4.78 is 19.2. The third kappa shape index (κ3) is 6.64. The molecule has 0 aliphatic heterocycles. The molecule has 4 aromatic rings. The number of aryl methyl sites for hydroxylation is 2. The van der Waals surface area contributed by atoms with Crippen LogP contribution in [-0.4, -0.2) is 55.8 Å². The van der Waals surface area contributed by atoms with Crippen LogP contribution in [0.5, 0.6) is 17.2 Å². The van der Waals surface area contributed by atoms with Gasteiger partial charge in [0.25, 0.3) is 0 Å². The summed E-state index contributed by atoms with van der Waals surface area (Å²) in [5.41, 5.74) is 4.72. The first kappa shape index (κ1) is 32.7. The number of nitrogens with zero attached hydrogens (tertiary/aromatic N) is 1. The number of hydrogen-bond donors (Lipinski definition) is 3. The molecule has 11 heteroatoms. The van der Waals surface area contributed by atoms with E-state index in [1.807, 2.05) is 60.5 Å². The molecular formula is C35H40N4O6S. The minimum absolute atomic E-state index is 0.205. The van der Waals surface area contributed by atoms with E-state index in [1.54, 1.807) is 45.2 Å². The van der Waals surface area contributed by atoms with Gasteiger partial charge in [-0.3, -0.25) is 14.4 Å². The normalized spacial score (nSPS) is 14.3. The molecule has 0 fully saturated rings. The van der Waals surface area contributed by atoms with Gasteiger partial charge in [-0.25, -0.2) is 0 Å². The predicted molar refractivity (Wildman–Crippen MR) is 185 cm³/mol. The monoisotopic (exact) mass is 644 g/mol. The van der Waals surface area contributed by atoms with E-state index in [0.717, 1.165) is 27.6 Å². The van der Waals surface area contributed by atoms with Crippen LogP contribution in [0.4, 0.5) is 11.4 Å². The number of hydrogen-bond acceptors (Lipinski definition) is 8. The lowest BCUT2D eigenvalue weighted by atomic mass is 9.95. The average molecular weight is 645 g/mol. The number of fused-ring (bicyclic) bond motifs is 4. The number of methoxy groups -OCH3 is 3. The van der Waals surface area contributed by atoms with Gasteiger partial charge in [0, 0.05) is 36.9 Å². The molecule has 0 saturated carbocycles. The Morgan fingerprint density at radius 2 is 1.80 bits per heavy atom. The first-order valence-electron chi connectivity index (χ1n) is 15.1. The van der Waals surface area contributed by atoms with Gasteiger partial charge >= 0.3 is 0 Å². The van der Waals surface area contributed by atoms with Gasteiger partial charge in [0.1, 0.15) is 6.04 Å². The summed E-state index contributed by atoms with van der Waals surface area (Å²) >= 11 is 1.63. The summed E-state index contributed by atoms with van der Waals surface area (Å²) in [5, 5.41) is 10.4. The number of benzene rings is 2. The molecule has 1 aromatic heterocycles. The molecule has 1 aliphatic rings. The second kappa shape index (κ2) is 14.2. The van der Waals surface area contributed by atoms with Gasteiger partial charge in [-0.1, -0.05) is 12.1 Å². The number of amides is 2. The fraction of sp³-hybridized carbons (Fsp3) is 0.343. The van der Waals surface area contributed by atoms with E-state index in [1.165, 1.54) is 6.92 Å². The Kier molecular flexibility index (Phi) is 10.1. The van der Waals surface area contributed by atoms with Gasteiger partial charge in [-0.2, -0.15) is 11.8 Å². The van der Waals surface area contributed by atoms with Crippen molar-refractivity contribution in [3.05, 3.63) is 76.1 Å². The van der Waals surface area contributed by atoms with Crippen LogP contribution >= 0.6 is 11.8 Å². The highest BCUT2D eigenvalue weighted by atomic mass is 32.2. The van der Waals surface area contributed by atoms with Gasteiger partial charge in [-0.15, -0.1) is 0 Å². The lowest BCUT2D eigenvalue weighted by molar-refractivity contribution is -0.120. The summed E-state index contributed by atoms with van der Waals surface area (Å²) in [5.74, 6) is 1.70. The zero-order valence-electron chi connectivity index (χ0n) is 27.0. The Morgan fingerprint density at radius 1 is 1.02 bits per heavy atom. The smallest absolute Gasteiger partial charge is 0.246 e. The third-order valence-corrected chi connectivity index (χ3v) is 8.97. The number of ether oxygens (including phenoxy) is 3. The van der Waals surface area contributed by atoms with Crippen LogP contribution in [0.15, 0.2) is 59.5 Å². The highest BCUT2D eigenvalue weighted by molar-refractivity contribution is 7.98. The number of thioether (sulfide) groups is 1. The van der Waals surface area contributed by atoms with Crippen LogP contribution in [0.1, 0.15) is 36.9 Å². The van der Waals surface area contributed by atoms with Crippen LogP contribution < -0.4 is 35.6 Å². The van der Waals surface area contributed by atoms with Gasteiger partial charge < -0.3 is 34.7 Å². The van der Waals surface area contributed by atoms with Crippen molar-refractivity contribution in [3.8, 4) is 28.4 Å². The van der Waals surface area contributed by atoms with Crippen molar-refractivity contribution in [2.45, 2.75) is 38.3 Å². The number of nitrogens with one attached hydrogen (secondary N) is 3. The largest absolute Gasteiger partial charge is 0.493 e. The van der Waals surface area contributed by atoms with Crippen LogP contribution in [-0.2, 0) is 23.1 Å². The number of carbonyl (C=O) groups is 2. The number of anilines is 2. The molecule has 1 aliphatic carbocycles. The minimum Gasteiger partial charge on any atom is -0.493 e. The molecule has 0 spiro atoms. The topological polar surface area (TPSA) is 120 Å². The van der Waals surface area contributed by atoms with Crippen LogP contribution in [0, 0.1) is 0 Å². The van der Waals surface area contributed by atoms with Crippen molar-refractivity contribution in [1.82, 2.24) is 9.88 Å². The van der Waals surface area contributed by atoms with E-state index in [2.05, 4.69) is 16.0 Å². The quantitative estimate of drug-likeness (QED) is 0.195. The van der Waals surface area contributed by atoms with Crippen molar-refractivity contribution in [1.29, 1.82) is 0 Å². The van der Waals surface area contributed by atoms with E-state index in [0.29, 0.717) is 53.5 Å². The first-order valence-corrected chi connectivity index (χ1v) is 16.5. The molecule has 2 unspecified atom stereocenters. The SMILES string of the molecule is COc1cc2c(c(OC)c1OC)-c1ccc(NC(CCSC)C(=O)Nc3ccc4ccn(C)c4c3)c(=O)cc1C(NC(C)=O)CC2. The maximum Gasteiger partial charge on any atom is 0.246 e. The summed E-state index contributed by atoms with van der Waals surface area (Å²) in [6.07, 6.45) is 5.60. The Hall–Kier alpha value is -4.64. The zero-order valence-corrected chi connectivity index (χ0v) is 27.8. The van der Waals surface area contributed by atoms with E-state index in [9.17, 15) is 14.4 Å². The lowest BCUT2D eigenvalue weighted by Gasteiger charge is -2.19. The second-order valence-electron chi connectivity index (χ2n) is 11.3. The van der Waals surface area contributed by atoms with Crippen LogP contribution in [0.25, 0.3) is 22.0 Å². The van der Waals surface area contributed by atoms with Crippen LogP contribution in [0.3, 0.4) is 0 Å². The molecule has 0 bridgehead atoms. The minimum atomic E-state index is -0.677. The molecule has 5 rings (SSSR count). The molecule has 46 heavy (non-hydrogen) atoms. The highest BCUT2D eigenvalue weighted by Gasteiger charge is 2.30. The lowest BCUT2D eigenvalue weighted by Crippen LogP contribution is -2.36. The fourth-order valence-electron chi connectivity index (χ4n) is 6.09. The van der Waals surface area contributed by atoms with Gasteiger partial charge in [0.2, 0.25) is 23.0 Å². The van der Waals surface area contributed by atoms with E-state index < -0.39 is 12.1 Å². The van der Waals surface area contributed by atoms with E-state index in [-0.39, 0.29) is 22.9 Å². The Morgan fingerprint density at radius 3 is 2.50 bits per heavy atom. The molecule has 3 aromatic carbocycles. The zero-order chi connectivity index (χ0) is 33.0. The summed E-state index contributed by atoms with van der Waals surface area (Å²) in [6.45, 7) is 1.46. The molecule has 2 amide bonds. The Labute approximate surface area is 272 Å². The maximum atomic E-state index is 13.9. The molecule has 10 nitrogen and oxygen atoms in total. The van der Waals surface area contributed by atoms with Crippen molar-refractivity contribution >= 4 is 45.9 Å². The van der Waals surface area contributed by atoms with E-state index in [4.69, 9.17) is 14.2 Å². The van der Waals surface area contributed by atoms with Crippen LogP contribution in [0.2, 0.25) is 0 Å². The molecule has 0 saturated heterocycles. The van der Waals surface area contributed by atoms with Crippen molar-refractivity contribution < 1.29 is 23.8 Å². The Balaban J connectivity index is 1.58. The fourth-order valence-corrected chi connectivity index (χ4v) is 6.56. The van der Waals surface area contributed by atoms with Gasteiger partial charge in [0.05, 0.1) is 33.1 Å². The third-order valence-electron chi connectivity index (χ3n) is 8.33. The van der Waals surface area contributed by atoms with Crippen molar-refractivity contribution in [2.75, 3.05) is 44.0 Å². The maximum absolute atomic E-state index is 13.9. The summed E-state index contributed by atoms with van der Waals surface area (Å²) in [6, 6.07) is 13.7. The molecule has 1 heterocycles. The average Bonchev–Trinajstić information content (AvgIpc) is 3.25. The Bertz CT molecular complexity index is 1840. The summed E-state index contributed by atoms with van der Waals surface area (Å²) in [7, 11) is 6.64. The second-order valence-corrected chi connectivity index (χ2v) is 12.2. The standard InChI is InChI=1S/C35H40N4O6S/c1-20(40)36-26-11-8-22-17-31(43-3)33(44-4)34(45-5)32(22)24-10-12-27(30(41)19-25(24)26)38-28(14-16-46-6)35(42)37-23-9-7-21-13-15-39(2)29(21)18-23/h7,9-10,12-13,15,17-19,26,28H,8,11,14,16H2,1-6H3,(H,36,40)(H,37,42)(H,38,41). The molecule has 3 N–H and O–H groups in total. The van der Waals surface area contributed by atoms with E-state index >= 15 is 0 Å². The molecule has 0 radical (unpaired) electrons. The highest BCUT2D eigenvalue weighted by Crippen LogP contribution is 2.50. The molecular weight excluding hydrogens is 604 g/mol. The predicted octanol–water partition coefficient (Wildman–Crippen LogP) is 5.53. The number of rotatable bonds is 11. The van der Waals surface area contributed by atoms with Gasteiger partial charge in [-0.05, 0) is 89.7 Å². The van der Waals surface area contributed by atoms with Crippen molar-refractivity contribution in [3.63, 3.8) is 0 Å². The molecule has 2 atom stereocenters.